The highest BCUT2D eigenvalue weighted by Crippen LogP contribution is 2.19. The molecule has 6 nitrogen and oxygen atoms in total. The summed E-state index contributed by atoms with van der Waals surface area (Å²) in [5.41, 5.74) is 0.128. The molecular formula is C14H19NO5S. The topological polar surface area (TPSA) is 83.9 Å². The summed E-state index contributed by atoms with van der Waals surface area (Å²) < 4.78 is 28.4. The van der Waals surface area contributed by atoms with Crippen molar-refractivity contribution in [2.45, 2.75) is 12.5 Å². The van der Waals surface area contributed by atoms with Gasteiger partial charge in [0, 0.05) is 12.6 Å². The van der Waals surface area contributed by atoms with E-state index < -0.39 is 15.8 Å². The van der Waals surface area contributed by atoms with Crippen molar-refractivity contribution in [3.8, 4) is 5.75 Å². The van der Waals surface area contributed by atoms with E-state index in [2.05, 4.69) is 0 Å². The van der Waals surface area contributed by atoms with Crippen LogP contribution in [0.15, 0.2) is 24.3 Å². The highest BCUT2D eigenvalue weighted by molar-refractivity contribution is 7.91. The Hall–Kier alpha value is -1.60. The summed E-state index contributed by atoms with van der Waals surface area (Å²) in [5, 5.41) is 9.05. The van der Waals surface area contributed by atoms with E-state index in [9.17, 15) is 13.2 Å². The first-order chi connectivity index (χ1) is 9.89. The van der Waals surface area contributed by atoms with Gasteiger partial charge in [0.2, 0.25) is 0 Å². The fourth-order valence-corrected chi connectivity index (χ4v) is 4.18. The van der Waals surface area contributed by atoms with Crippen LogP contribution in [0, 0.1) is 0 Å². The molecule has 21 heavy (non-hydrogen) atoms. The molecule has 1 N–H and O–H groups in total. The van der Waals surface area contributed by atoms with Crippen molar-refractivity contribution in [1.29, 1.82) is 0 Å². The Morgan fingerprint density at radius 1 is 1.43 bits per heavy atom. The lowest BCUT2D eigenvalue weighted by atomic mass is 10.2. The van der Waals surface area contributed by atoms with Crippen molar-refractivity contribution in [3.05, 3.63) is 29.8 Å². The number of hydrogen-bond donors (Lipinski definition) is 1. The van der Waals surface area contributed by atoms with E-state index in [4.69, 9.17) is 9.84 Å². The molecule has 1 unspecified atom stereocenters. The third-order valence-corrected chi connectivity index (χ3v) is 5.40. The van der Waals surface area contributed by atoms with Gasteiger partial charge in [0.25, 0.3) is 0 Å². The van der Waals surface area contributed by atoms with E-state index in [1.807, 2.05) is 11.9 Å². The molecule has 1 saturated heterocycles. The van der Waals surface area contributed by atoms with Crippen LogP contribution < -0.4 is 4.74 Å². The molecule has 1 fully saturated rings. The highest BCUT2D eigenvalue weighted by atomic mass is 32.2. The van der Waals surface area contributed by atoms with Crippen LogP contribution in [0.5, 0.6) is 5.75 Å². The predicted molar refractivity (Wildman–Crippen MR) is 78.6 cm³/mol. The Bertz CT molecular complexity index is 614. The molecule has 0 radical (unpaired) electrons. The van der Waals surface area contributed by atoms with Crippen LogP contribution in [0.1, 0.15) is 16.8 Å². The maximum atomic E-state index is 11.4. The van der Waals surface area contributed by atoms with Gasteiger partial charge in [-0.15, -0.1) is 0 Å². The van der Waals surface area contributed by atoms with Crippen LogP contribution in [0.4, 0.5) is 0 Å². The van der Waals surface area contributed by atoms with E-state index in [-0.39, 0.29) is 23.1 Å². The van der Waals surface area contributed by atoms with Crippen LogP contribution in [0.3, 0.4) is 0 Å². The van der Waals surface area contributed by atoms with Crippen LogP contribution in [-0.2, 0) is 9.84 Å². The normalized spacial score (nSPS) is 20.6. The summed E-state index contributed by atoms with van der Waals surface area (Å²) in [5.74, 6) is -0.266. The van der Waals surface area contributed by atoms with Crippen molar-refractivity contribution in [2.75, 3.05) is 31.7 Å². The third kappa shape index (κ3) is 4.18. The van der Waals surface area contributed by atoms with Crippen molar-refractivity contribution >= 4 is 15.8 Å². The number of likely N-dealkylation sites (N-methyl/N-ethyl adjacent to an activating group) is 1. The largest absolute Gasteiger partial charge is 0.491 e. The van der Waals surface area contributed by atoms with Gasteiger partial charge in [0.05, 0.1) is 11.5 Å². The first kappa shape index (κ1) is 15.8. The zero-order valence-corrected chi connectivity index (χ0v) is 12.7. The Labute approximate surface area is 124 Å². The quantitative estimate of drug-likeness (QED) is 0.839. The second kappa shape index (κ2) is 6.44. The molecule has 1 aliphatic rings. The van der Waals surface area contributed by atoms with Crippen molar-refractivity contribution < 1.29 is 23.1 Å². The summed E-state index contributed by atoms with van der Waals surface area (Å²) in [6, 6.07) is 6.49. The molecule has 1 atom stereocenters. The number of hydrogen-bond acceptors (Lipinski definition) is 5. The lowest BCUT2D eigenvalue weighted by molar-refractivity contribution is 0.0691. The molecule has 0 spiro atoms. The second-order valence-electron chi connectivity index (χ2n) is 5.19. The number of ether oxygens (including phenoxy) is 1. The molecular weight excluding hydrogens is 294 g/mol. The van der Waals surface area contributed by atoms with E-state index in [1.54, 1.807) is 18.2 Å². The van der Waals surface area contributed by atoms with E-state index in [0.29, 0.717) is 25.3 Å². The van der Waals surface area contributed by atoms with E-state index >= 15 is 0 Å². The molecule has 2 rings (SSSR count). The fourth-order valence-electron chi connectivity index (χ4n) is 2.37. The van der Waals surface area contributed by atoms with Gasteiger partial charge in [-0.05, 0) is 25.6 Å². The van der Waals surface area contributed by atoms with E-state index in [1.165, 1.54) is 6.07 Å². The van der Waals surface area contributed by atoms with Gasteiger partial charge in [-0.2, -0.15) is 0 Å². The Kier molecular flexibility index (Phi) is 4.84. The van der Waals surface area contributed by atoms with Crippen molar-refractivity contribution in [1.82, 2.24) is 4.90 Å². The van der Waals surface area contributed by atoms with Crippen LogP contribution in [0.2, 0.25) is 0 Å². The number of benzene rings is 1. The number of carbonyl (C=O) groups is 1. The second-order valence-corrected chi connectivity index (χ2v) is 7.42. The molecule has 1 aliphatic heterocycles. The van der Waals surface area contributed by atoms with Gasteiger partial charge < -0.3 is 9.84 Å². The number of sulfone groups is 1. The van der Waals surface area contributed by atoms with Crippen LogP contribution >= 0.6 is 0 Å². The summed E-state index contributed by atoms with van der Waals surface area (Å²) in [7, 11) is -1.04. The molecule has 1 heterocycles. The SMILES string of the molecule is CN(CCOc1ccccc1C(=O)O)C1CCS(=O)(=O)C1. The van der Waals surface area contributed by atoms with Gasteiger partial charge in [0.1, 0.15) is 17.9 Å². The third-order valence-electron chi connectivity index (χ3n) is 3.65. The maximum absolute atomic E-state index is 11.4. The Morgan fingerprint density at radius 2 is 2.14 bits per heavy atom. The minimum absolute atomic E-state index is 0.0216. The first-order valence-corrected chi connectivity index (χ1v) is 8.57. The molecule has 0 saturated carbocycles. The number of para-hydroxylation sites is 1. The molecule has 116 valence electrons. The summed E-state index contributed by atoms with van der Waals surface area (Å²) in [4.78, 5) is 13.0. The standard InChI is InChI=1S/C14H19NO5S/c1-15(11-6-9-21(18,19)10-11)7-8-20-13-5-3-2-4-12(13)14(16)17/h2-5,11H,6-10H2,1H3,(H,16,17). The fraction of sp³-hybridized carbons (Fsp3) is 0.500. The van der Waals surface area contributed by atoms with E-state index in [0.717, 1.165) is 0 Å². The lowest BCUT2D eigenvalue weighted by Crippen LogP contribution is -2.35. The maximum Gasteiger partial charge on any atom is 0.339 e. The Morgan fingerprint density at radius 3 is 2.76 bits per heavy atom. The highest BCUT2D eigenvalue weighted by Gasteiger charge is 2.30. The molecule has 0 amide bonds. The Balaban J connectivity index is 1.86. The predicted octanol–water partition coefficient (Wildman–Crippen LogP) is 0.883. The average molecular weight is 313 g/mol. The van der Waals surface area contributed by atoms with Gasteiger partial charge in [-0.25, -0.2) is 13.2 Å². The molecule has 0 bridgehead atoms. The number of aromatic carboxylic acids is 1. The number of rotatable bonds is 6. The number of carboxylic acid groups (broad SMARTS) is 1. The van der Waals surface area contributed by atoms with Gasteiger partial charge in [-0.3, -0.25) is 4.90 Å². The minimum Gasteiger partial charge on any atom is -0.491 e. The van der Waals surface area contributed by atoms with Gasteiger partial charge >= 0.3 is 5.97 Å². The van der Waals surface area contributed by atoms with Gasteiger partial charge in [0.15, 0.2) is 9.84 Å². The lowest BCUT2D eigenvalue weighted by Gasteiger charge is -2.23. The summed E-state index contributed by atoms with van der Waals surface area (Å²) in [6.07, 6.45) is 0.643. The molecule has 7 heteroatoms. The molecule has 0 aromatic heterocycles. The smallest absolute Gasteiger partial charge is 0.339 e. The zero-order valence-electron chi connectivity index (χ0n) is 11.9. The van der Waals surface area contributed by atoms with Crippen molar-refractivity contribution in [2.24, 2.45) is 0 Å². The summed E-state index contributed by atoms with van der Waals surface area (Å²) in [6.45, 7) is 0.867. The number of nitrogens with zero attached hydrogens (tertiary/aromatic N) is 1. The van der Waals surface area contributed by atoms with Crippen molar-refractivity contribution in [3.63, 3.8) is 0 Å². The summed E-state index contributed by atoms with van der Waals surface area (Å²) >= 11 is 0. The van der Waals surface area contributed by atoms with Gasteiger partial charge in [-0.1, -0.05) is 12.1 Å². The monoisotopic (exact) mass is 313 g/mol. The zero-order chi connectivity index (χ0) is 15.5. The minimum atomic E-state index is -2.90. The van der Waals surface area contributed by atoms with Crippen LogP contribution in [-0.4, -0.2) is 62.1 Å². The molecule has 1 aromatic carbocycles. The molecule has 1 aromatic rings. The number of carboxylic acids is 1. The average Bonchev–Trinajstić information content (AvgIpc) is 2.79. The first-order valence-electron chi connectivity index (χ1n) is 6.75. The van der Waals surface area contributed by atoms with Crippen LogP contribution in [0.25, 0.3) is 0 Å². The molecule has 0 aliphatic carbocycles.